The topological polar surface area (TPSA) is 15.3 Å². The molecule has 2 rings (SSSR count). The van der Waals surface area contributed by atoms with Crippen LogP contribution in [0.25, 0.3) is 0 Å². The minimum atomic E-state index is 0.674. The van der Waals surface area contributed by atoms with Gasteiger partial charge in [-0.25, -0.2) is 0 Å². The first-order valence-corrected chi connectivity index (χ1v) is 8.90. The SMILES string of the molecule is CC(C)CC(CN(C)C)NC1CCC2(CCCC2)CC1. The first-order valence-electron chi connectivity index (χ1n) is 8.90. The van der Waals surface area contributed by atoms with E-state index in [-0.39, 0.29) is 0 Å². The van der Waals surface area contributed by atoms with Gasteiger partial charge in [-0.2, -0.15) is 0 Å². The zero-order valence-electron chi connectivity index (χ0n) is 14.3. The van der Waals surface area contributed by atoms with E-state index in [0.29, 0.717) is 6.04 Å². The lowest BCUT2D eigenvalue weighted by atomic mass is 9.71. The molecule has 0 aliphatic heterocycles. The van der Waals surface area contributed by atoms with Crippen molar-refractivity contribution in [2.75, 3.05) is 20.6 Å². The van der Waals surface area contributed by atoms with Crippen molar-refractivity contribution in [2.24, 2.45) is 11.3 Å². The Kier molecular flexibility index (Phi) is 5.92. The molecule has 20 heavy (non-hydrogen) atoms. The smallest absolute Gasteiger partial charge is 0.0199 e. The predicted molar refractivity (Wildman–Crippen MR) is 88.1 cm³/mol. The van der Waals surface area contributed by atoms with Crippen molar-refractivity contribution < 1.29 is 0 Å². The van der Waals surface area contributed by atoms with Crippen molar-refractivity contribution >= 4 is 0 Å². The summed E-state index contributed by atoms with van der Waals surface area (Å²) in [7, 11) is 4.40. The fraction of sp³-hybridized carbons (Fsp3) is 1.00. The molecule has 2 aliphatic rings. The first-order chi connectivity index (χ1) is 9.49. The Bertz CT molecular complexity index is 259. The van der Waals surface area contributed by atoms with Crippen molar-refractivity contribution in [1.82, 2.24) is 10.2 Å². The molecule has 2 aliphatic carbocycles. The van der Waals surface area contributed by atoms with Gasteiger partial charge in [-0.1, -0.05) is 26.7 Å². The lowest BCUT2D eigenvalue weighted by Crippen LogP contribution is -2.46. The maximum Gasteiger partial charge on any atom is 0.0199 e. The third kappa shape index (κ3) is 4.73. The number of rotatable bonds is 6. The normalized spacial score (nSPS) is 24.9. The van der Waals surface area contributed by atoms with E-state index < -0.39 is 0 Å². The minimum Gasteiger partial charge on any atom is -0.310 e. The largest absolute Gasteiger partial charge is 0.310 e. The van der Waals surface area contributed by atoms with Crippen LogP contribution in [-0.2, 0) is 0 Å². The van der Waals surface area contributed by atoms with Crippen molar-refractivity contribution in [3.63, 3.8) is 0 Å². The van der Waals surface area contributed by atoms with Gasteiger partial charge in [0.1, 0.15) is 0 Å². The number of hydrogen-bond donors (Lipinski definition) is 1. The molecule has 1 N–H and O–H groups in total. The third-order valence-electron chi connectivity index (χ3n) is 5.52. The summed E-state index contributed by atoms with van der Waals surface area (Å²) in [6.07, 6.45) is 13.1. The molecule has 1 atom stereocenters. The zero-order valence-corrected chi connectivity index (χ0v) is 14.3. The van der Waals surface area contributed by atoms with Gasteiger partial charge in [-0.3, -0.25) is 0 Å². The summed E-state index contributed by atoms with van der Waals surface area (Å²) in [5, 5.41) is 3.98. The Balaban J connectivity index is 1.79. The number of hydrogen-bond acceptors (Lipinski definition) is 2. The van der Waals surface area contributed by atoms with Crippen LogP contribution in [0.2, 0.25) is 0 Å². The molecule has 2 heteroatoms. The molecular formula is C18H36N2. The molecule has 2 nitrogen and oxygen atoms in total. The second kappa shape index (κ2) is 7.26. The number of nitrogens with zero attached hydrogens (tertiary/aromatic N) is 1. The quantitative estimate of drug-likeness (QED) is 0.789. The summed E-state index contributed by atoms with van der Waals surface area (Å²) in [6.45, 7) is 5.87. The molecule has 0 aromatic carbocycles. The fourth-order valence-electron chi connectivity index (χ4n) is 4.56. The maximum atomic E-state index is 3.98. The summed E-state index contributed by atoms with van der Waals surface area (Å²) in [5.74, 6) is 0.789. The predicted octanol–water partition coefficient (Wildman–Crippen LogP) is 4.06. The summed E-state index contributed by atoms with van der Waals surface area (Å²) in [6, 6.07) is 1.46. The maximum absolute atomic E-state index is 3.98. The second-order valence-electron chi connectivity index (χ2n) is 8.24. The molecule has 1 spiro atoms. The number of likely N-dealkylation sites (N-methyl/N-ethyl adjacent to an activating group) is 1. The second-order valence-corrected chi connectivity index (χ2v) is 8.24. The molecule has 0 radical (unpaired) electrons. The average Bonchev–Trinajstić information content (AvgIpc) is 2.79. The Morgan fingerprint density at radius 3 is 2.15 bits per heavy atom. The van der Waals surface area contributed by atoms with E-state index in [1.807, 2.05) is 0 Å². The van der Waals surface area contributed by atoms with E-state index >= 15 is 0 Å². The van der Waals surface area contributed by atoms with Crippen LogP contribution in [0.1, 0.15) is 71.6 Å². The summed E-state index contributed by atoms with van der Waals surface area (Å²) < 4.78 is 0. The molecule has 0 saturated heterocycles. The first kappa shape index (κ1) is 16.3. The highest BCUT2D eigenvalue weighted by molar-refractivity contribution is 4.92. The van der Waals surface area contributed by atoms with Crippen LogP contribution in [0.3, 0.4) is 0 Å². The van der Waals surface area contributed by atoms with Crippen molar-refractivity contribution in [3.8, 4) is 0 Å². The van der Waals surface area contributed by atoms with Crippen LogP contribution in [0, 0.1) is 11.3 Å². The Labute approximate surface area is 126 Å². The van der Waals surface area contributed by atoms with E-state index in [1.165, 1.54) is 64.3 Å². The highest BCUT2D eigenvalue weighted by Gasteiger charge is 2.37. The average molecular weight is 280 g/mol. The van der Waals surface area contributed by atoms with E-state index in [1.54, 1.807) is 0 Å². The minimum absolute atomic E-state index is 0.674. The van der Waals surface area contributed by atoms with Gasteiger partial charge in [0.15, 0.2) is 0 Å². The molecule has 0 heterocycles. The van der Waals surface area contributed by atoms with Gasteiger partial charge < -0.3 is 10.2 Å². The van der Waals surface area contributed by atoms with Gasteiger partial charge in [-0.15, -0.1) is 0 Å². The highest BCUT2D eigenvalue weighted by Crippen LogP contribution is 2.48. The third-order valence-corrected chi connectivity index (χ3v) is 5.52. The lowest BCUT2D eigenvalue weighted by molar-refractivity contribution is 0.155. The Morgan fingerprint density at radius 2 is 1.65 bits per heavy atom. The summed E-state index contributed by atoms with van der Waals surface area (Å²) >= 11 is 0. The zero-order chi connectivity index (χ0) is 14.6. The molecular weight excluding hydrogens is 244 g/mol. The molecule has 0 aromatic heterocycles. The van der Waals surface area contributed by atoms with Crippen LogP contribution in [0.4, 0.5) is 0 Å². The molecule has 0 amide bonds. The van der Waals surface area contributed by atoms with Crippen molar-refractivity contribution in [2.45, 2.75) is 83.7 Å². The van der Waals surface area contributed by atoms with Crippen LogP contribution in [-0.4, -0.2) is 37.6 Å². The molecule has 2 saturated carbocycles. The molecule has 0 aromatic rings. The van der Waals surface area contributed by atoms with Gasteiger partial charge in [-0.05, 0) is 70.4 Å². The van der Waals surface area contributed by atoms with Gasteiger partial charge >= 0.3 is 0 Å². The van der Waals surface area contributed by atoms with Crippen LogP contribution in [0.5, 0.6) is 0 Å². The van der Waals surface area contributed by atoms with Crippen LogP contribution >= 0.6 is 0 Å². The van der Waals surface area contributed by atoms with Gasteiger partial charge in [0, 0.05) is 18.6 Å². The van der Waals surface area contributed by atoms with E-state index in [0.717, 1.165) is 17.4 Å². The van der Waals surface area contributed by atoms with Gasteiger partial charge in [0.05, 0.1) is 0 Å². The highest BCUT2D eigenvalue weighted by atomic mass is 15.1. The molecule has 118 valence electrons. The Morgan fingerprint density at radius 1 is 1.05 bits per heavy atom. The van der Waals surface area contributed by atoms with E-state index in [9.17, 15) is 0 Å². The standard InChI is InChI=1S/C18H36N2/c1-15(2)13-17(14-20(3)4)19-16-7-11-18(12-8-16)9-5-6-10-18/h15-17,19H,5-14H2,1-4H3. The fourth-order valence-corrected chi connectivity index (χ4v) is 4.56. The van der Waals surface area contributed by atoms with Crippen LogP contribution < -0.4 is 5.32 Å². The lowest BCUT2D eigenvalue weighted by Gasteiger charge is -2.39. The van der Waals surface area contributed by atoms with E-state index in [2.05, 4.69) is 38.2 Å². The monoisotopic (exact) mass is 280 g/mol. The van der Waals surface area contributed by atoms with Crippen LogP contribution in [0.15, 0.2) is 0 Å². The van der Waals surface area contributed by atoms with Gasteiger partial charge in [0.25, 0.3) is 0 Å². The summed E-state index contributed by atoms with van der Waals surface area (Å²) in [5.41, 5.74) is 0.771. The number of nitrogens with one attached hydrogen (secondary N) is 1. The van der Waals surface area contributed by atoms with Crippen molar-refractivity contribution in [3.05, 3.63) is 0 Å². The molecule has 2 fully saturated rings. The molecule has 0 bridgehead atoms. The Hall–Kier alpha value is -0.0800. The van der Waals surface area contributed by atoms with E-state index in [4.69, 9.17) is 0 Å². The van der Waals surface area contributed by atoms with Gasteiger partial charge in [0.2, 0.25) is 0 Å². The summed E-state index contributed by atoms with van der Waals surface area (Å²) in [4.78, 5) is 2.33. The van der Waals surface area contributed by atoms with Crippen molar-refractivity contribution in [1.29, 1.82) is 0 Å². The molecule has 1 unspecified atom stereocenters.